The van der Waals surface area contributed by atoms with Crippen LogP contribution in [0.1, 0.15) is 12.6 Å². The topological polar surface area (TPSA) is 71.1 Å². The predicted molar refractivity (Wildman–Crippen MR) is 82.6 cm³/mol. The van der Waals surface area contributed by atoms with E-state index in [1.54, 1.807) is 42.6 Å². The van der Waals surface area contributed by atoms with E-state index >= 15 is 0 Å². The molecule has 0 saturated heterocycles. The molecule has 2 amide bonds. The van der Waals surface area contributed by atoms with Crippen LogP contribution in [0.5, 0.6) is 0 Å². The maximum absolute atomic E-state index is 11.8. The highest BCUT2D eigenvalue weighted by Gasteiger charge is 2.00. The van der Waals surface area contributed by atoms with Gasteiger partial charge in [0.05, 0.1) is 5.69 Å². The van der Waals surface area contributed by atoms with E-state index in [0.717, 1.165) is 0 Å². The Morgan fingerprint density at radius 3 is 2.48 bits per heavy atom. The minimum atomic E-state index is -0.263. The highest BCUT2D eigenvalue weighted by molar-refractivity contribution is 6.02. The first kappa shape index (κ1) is 14.5. The van der Waals surface area contributed by atoms with E-state index in [9.17, 15) is 9.59 Å². The Kier molecular flexibility index (Phi) is 4.82. The first-order valence-corrected chi connectivity index (χ1v) is 6.41. The molecule has 5 heteroatoms. The van der Waals surface area contributed by atoms with Crippen molar-refractivity contribution in [2.75, 3.05) is 10.6 Å². The molecule has 0 fully saturated rings. The molecule has 1 aromatic heterocycles. The highest BCUT2D eigenvalue weighted by atomic mass is 16.2. The number of hydrogen-bond acceptors (Lipinski definition) is 3. The normalized spacial score (nSPS) is 10.3. The Morgan fingerprint density at radius 2 is 1.81 bits per heavy atom. The summed E-state index contributed by atoms with van der Waals surface area (Å²) in [5.41, 5.74) is 1.95. The smallest absolute Gasteiger partial charge is 0.248 e. The summed E-state index contributed by atoms with van der Waals surface area (Å²) < 4.78 is 0. The summed E-state index contributed by atoms with van der Waals surface area (Å²) in [6.45, 7) is 1.43. The lowest BCUT2D eigenvalue weighted by molar-refractivity contribution is -0.114. The van der Waals surface area contributed by atoms with Crippen molar-refractivity contribution >= 4 is 29.3 Å². The number of benzene rings is 1. The Bertz CT molecular complexity index is 666. The first-order chi connectivity index (χ1) is 10.1. The molecular formula is C16H15N3O2. The van der Waals surface area contributed by atoms with E-state index in [1.165, 1.54) is 13.0 Å². The maximum Gasteiger partial charge on any atom is 0.248 e. The molecule has 21 heavy (non-hydrogen) atoms. The van der Waals surface area contributed by atoms with Gasteiger partial charge < -0.3 is 10.6 Å². The quantitative estimate of drug-likeness (QED) is 0.846. The largest absolute Gasteiger partial charge is 0.326 e. The maximum atomic E-state index is 11.8. The zero-order valence-corrected chi connectivity index (χ0v) is 11.5. The molecule has 0 atom stereocenters. The molecule has 1 heterocycles. The van der Waals surface area contributed by atoms with Crippen LogP contribution in [-0.2, 0) is 9.59 Å². The summed E-state index contributed by atoms with van der Waals surface area (Å²) in [4.78, 5) is 26.9. The summed E-state index contributed by atoms with van der Waals surface area (Å²) in [5, 5.41) is 5.38. The Hall–Kier alpha value is -2.95. The Labute approximate surface area is 122 Å². The molecule has 0 unspecified atom stereocenters. The average molecular weight is 281 g/mol. The van der Waals surface area contributed by atoms with Gasteiger partial charge in [0.2, 0.25) is 11.8 Å². The second-order valence-corrected chi connectivity index (χ2v) is 4.34. The first-order valence-electron chi connectivity index (χ1n) is 6.41. The van der Waals surface area contributed by atoms with Gasteiger partial charge in [-0.1, -0.05) is 12.1 Å². The van der Waals surface area contributed by atoms with Gasteiger partial charge >= 0.3 is 0 Å². The summed E-state index contributed by atoms with van der Waals surface area (Å²) in [6.07, 6.45) is 4.70. The van der Waals surface area contributed by atoms with E-state index in [2.05, 4.69) is 15.6 Å². The molecular weight excluding hydrogens is 266 g/mol. The van der Waals surface area contributed by atoms with Crippen molar-refractivity contribution in [3.8, 4) is 0 Å². The van der Waals surface area contributed by atoms with E-state index in [-0.39, 0.29) is 11.8 Å². The zero-order chi connectivity index (χ0) is 15.1. The number of pyridine rings is 1. The highest BCUT2D eigenvalue weighted by Crippen LogP contribution is 2.15. The van der Waals surface area contributed by atoms with Gasteiger partial charge in [-0.2, -0.15) is 0 Å². The van der Waals surface area contributed by atoms with Crippen LogP contribution < -0.4 is 10.6 Å². The van der Waals surface area contributed by atoms with Crippen LogP contribution >= 0.6 is 0 Å². The van der Waals surface area contributed by atoms with Gasteiger partial charge in [0, 0.05) is 30.6 Å². The number of hydrogen-bond donors (Lipinski definition) is 2. The molecule has 0 aliphatic rings. The molecule has 0 aliphatic carbocycles. The fraction of sp³-hybridized carbons (Fsp3) is 0.0625. The van der Waals surface area contributed by atoms with Crippen molar-refractivity contribution in [1.82, 2.24) is 4.98 Å². The van der Waals surface area contributed by atoms with Crippen molar-refractivity contribution in [2.24, 2.45) is 0 Å². The van der Waals surface area contributed by atoms with Gasteiger partial charge in [-0.25, -0.2) is 0 Å². The summed E-state index contributed by atoms with van der Waals surface area (Å²) >= 11 is 0. The van der Waals surface area contributed by atoms with Gasteiger partial charge in [0.15, 0.2) is 0 Å². The Balaban J connectivity index is 1.99. The van der Waals surface area contributed by atoms with Crippen LogP contribution in [0.15, 0.2) is 54.7 Å². The van der Waals surface area contributed by atoms with Crippen molar-refractivity contribution in [3.63, 3.8) is 0 Å². The SMILES string of the molecule is CC(=O)Nc1cccc(NC(=O)/C=C/c2ccccn2)c1. The van der Waals surface area contributed by atoms with Crippen LogP contribution in [0.25, 0.3) is 6.08 Å². The van der Waals surface area contributed by atoms with Crippen LogP contribution in [0.3, 0.4) is 0 Å². The molecule has 0 bridgehead atoms. The zero-order valence-electron chi connectivity index (χ0n) is 11.5. The monoisotopic (exact) mass is 281 g/mol. The molecule has 0 aliphatic heterocycles. The molecule has 2 rings (SSSR count). The summed E-state index contributed by atoms with van der Waals surface area (Å²) in [6, 6.07) is 12.4. The minimum absolute atomic E-state index is 0.159. The molecule has 0 radical (unpaired) electrons. The minimum Gasteiger partial charge on any atom is -0.326 e. The van der Waals surface area contributed by atoms with Gasteiger partial charge in [-0.15, -0.1) is 0 Å². The lowest BCUT2D eigenvalue weighted by Gasteiger charge is -2.06. The second-order valence-electron chi connectivity index (χ2n) is 4.34. The molecule has 2 N–H and O–H groups in total. The van der Waals surface area contributed by atoms with Crippen molar-refractivity contribution in [1.29, 1.82) is 0 Å². The van der Waals surface area contributed by atoms with Crippen molar-refractivity contribution < 1.29 is 9.59 Å². The van der Waals surface area contributed by atoms with Crippen LogP contribution in [0.4, 0.5) is 11.4 Å². The number of carbonyl (C=O) groups excluding carboxylic acids is 2. The molecule has 1 aromatic carbocycles. The number of anilines is 2. The molecule has 106 valence electrons. The van der Waals surface area contributed by atoms with E-state index < -0.39 is 0 Å². The Morgan fingerprint density at radius 1 is 1.05 bits per heavy atom. The van der Waals surface area contributed by atoms with E-state index in [1.807, 2.05) is 12.1 Å². The summed E-state index contributed by atoms with van der Waals surface area (Å²) in [7, 11) is 0. The number of nitrogens with one attached hydrogen (secondary N) is 2. The molecule has 0 spiro atoms. The lowest BCUT2D eigenvalue weighted by atomic mass is 10.2. The van der Waals surface area contributed by atoms with Crippen LogP contribution in [-0.4, -0.2) is 16.8 Å². The second kappa shape index (κ2) is 7.00. The lowest BCUT2D eigenvalue weighted by Crippen LogP contribution is -2.09. The number of nitrogens with zero attached hydrogens (tertiary/aromatic N) is 1. The number of rotatable bonds is 4. The third kappa shape index (κ3) is 4.91. The van der Waals surface area contributed by atoms with Gasteiger partial charge in [-0.05, 0) is 36.4 Å². The molecule has 2 aromatic rings. The number of aromatic nitrogens is 1. The number of amides is 2. The van der Waals surface area contributed by atoms with Crippen LogP contribution in [0.2, 0.25) is 0 Å². The van der Waals surface area contributed by atoms with E-state index in [4.69, 9.17) is 0 Å². The average Bonchev–Trinajstić information content (AvgIpc) is 2.46. The van der Waals surface area contributed by atoms with Crippen molar-refractivity contribution in [2.45, 2.75) is 6.92 Å². The predicted octanol–water partition coefficient (Wildman–Crippen LogP) is 2.69. The molecule has 5 nitrogen and oxygen atoms in total. The fourth-order valence-corrected chi connectivity index (χ4v) is 1.70. The molecule has 0 saturated carbocycles. The fourth-order valence-electron chi connectivity index (χ4n) is 1.70. The van der Waals surface area contributed by atoms with Crippen molar-refractivity contribution in [3.05, 3.63) is 60.4 Å². The number of carbonyl (C=O) groups is 2. The standard InChI is InChI=1S/C16H15N3O2/c1-12(20)18-14-6-4-7-15(11-14)19-16(21)9-8-13-5-2-3-10-17-13/h2-11H,1H3,(H,18,20)(H,19,21)/b9-8+. The van der Waals surface area contributed by atoms with E-state index in [0.29, 0.717) is 17.1 Å². The van der Waals surface area contributed by atoms with Gasteiger partial charge in [-0.3, -0.25) is 14.6 Å². The third-order valence-corrected chi connectivity index (χ3v) is 2.54. The van der Waals surface area contributed by atoms with Gasteiger partial charge in [0.1, 0.15) is 0 Å². The summed E-state index contributed by atoms with van der Waals surface area (Å²) in [5.74, 6) is -0.422. The van der Waals surface area contributed by atoms with Crippen LogP contribution in [0, 0.1) is 0 Å². The third-order valence-electron chi connectivity index (χ3n) is 2.54. The van der Waals surface area contributed by atoms with Gasteiger partial charge in [0.25, 0.3) is 0 Å².